The molecule has 35 heavy (non-hydrogen) atoms. The third-order valence-corrected chi connectivity index (χ3v) is 10.1. The number of rotatable bonds is 4. The minimum Gasteiger partial charge on any atom is -0.459 e. The zero-order valence-electron chi connectivity index (χ0n) is 21.2. The third kappa shape index (κ3) is 4.30. The molecule has 4 heteroatoms. The van der Waals surface area contributed by atoms with E-state index in [1.807, 2.05) is 60.7 Å². The first kappa shape index (κ1) is 24.1. The first-order valence-corrected chi connectivity index (χ1v) is 13.3. The average molecular weight is 475 g/mol. The van der Waals surface area contributed by atoms with Gasteiger partial charge in [0.1, 0.15) is 12.2 Å². The molecular weight excluding hydrogens is 436 g/mol. The van der Waals surface area contributed by atoms with Crippen molar-refractivity contribution in [2.75, 3.05) is 0 Å². The molecule has 0 N–H and O–H groups in total. The molecular formula is C31H38O4. The standard InChI is InChI=1S/C31H38O4/c1-21-26-15-14-24-20-25(34-28(32)22-10-6-4-7-11-22)16-18-30(24,2)31(26,3)19-17-27(21)35-29(33)23-12-8-5-9-13-23/h4-13,21,24-27H,14-20H2,1-3H3/t21-,24+,25-,26+,27+,30+,31+/m0/s1. The summed E-state index contributed by atoms with van der Waals surface area (Å²) in [5.41, 5.74) is 1.69. The Morgan fingerprint density at radius 3 is 1.94 bits per heavy atom. The number of ether oxygens (including phenoxy) is 2. The Balaban J connectivity index is 1.25. The van der Waals surface area contributed by atoms with Gasteiger partial charge in [0.05, 0.1) is 11.1 Å². The summed E-state index contributed by atoms with van der Waals surface area (Å²) in [7, 11) is 0. The lowest BCUT2D eigenvalue weighted by Crippen LogP contribution is -2.59. The van der Waals surface area contributed by atoms with Crippen molar-refractivity contribution >= 4 is 11.9 Å². The average Bonchev–Trinajstić information content (AvgIpc) is 2.88. The fraction of sp³-hybridized carbons (Fsp3) is 0.548. The smallest absolute Gasteiger partial charge is 0.338 e. The summed E-state index contributed by atoms with van der Waals surface area (Å²) in [5, 5.41) is 0. The van der Waals surface area contributed by atoms with Gasteiger partial charge in [-0.25, -0.2) is 9.59 Å². The largest absolute Gasteiger partial charge is 0.459 e. The van der Waals surface area contributed by atoms with Gasteiger partial charge in [0, 0.05) is 0 Å². The zero-order valence-corrected chi connectivity index (χ0v) is 21.2. The number of fused-ring (bicyclic) bond motifs is 3. The summed E-state index contributed by atoms with van der Waals surface area (Å²) in [6.45, 7) is 7.27. The molecule has 3 aliphatic carbocycles. The number of benzene rings is 2. The van der Waals surface area contributed by atoms with Crippen LogP contribution in [0.15, 0.2) is 60.7 Å². The van der Waals surface area contributed by atoms with Gasteiger partial charge in [0.15, 0.2) is 0 Å². The van der Waals surface area contributed by atoms with E-state index in [4.69, 9.17) is 9.47 Å². The van der Waals surface area contributed by atoms with E-state index in [1.54, 1.807) is 0 Å². The SMILES string of the molecule is C[C@H]1[C@H]2CC[C@@H]3C[C@@H](OC(=O)c4ccccc4)CC[C@@]3(C)[C@]2(C)CC[C@H]1OC(=O)c1ccccc1. The molecule has 3 fully saturated rings. The molecule has 0 saturated heterocycles. The van der Waals surface area contributed by atoms with Crippen LogP contribution in [-0.4, -0.2) is 24.1 Å². The molecule has 186 valence electrons. The van der Waals surface area contributed by atoms with Crippen LogP contribution < -0.4 is 0 Å². The Morgan fingerprint density at radius 2 is 1.31 bits per heavy atom. The van der Waals surface area contributed by atoms with Gasteiger partial charge in [0.25, 0.3) is 0 Å². The summed E-state index contributed by atoms with van der Waals surface area (Å²) in [6.07, 6.45) is 7.24. The highest BCUT2D eigenvalue weighted by Gasteiger charge is 2.61. The van der Waals surface area contributed by atoms with Crippen molar-refractivity contribution in [3.8, 4) is 0 Å². The van der Waals surface area contributed by atoms with E-state index in [0.717, 1.165) is 44.9 Å². The van der Waals surface area contributed by atoms with Crippen LogP contribution >= 0.6 is 0 Å². The molecule has 0 spiro atoms. The van der Waals surface area contributed by atoms with E-state index in [-0.39, 0.29) is 35.0 Å². The van der Waals surface area contributed by atoms with Crippen molar-refractivity contribution in [2.24, 2.45) is 28.6 Å². The normalized spacial score (nSPS) is 36.4. The molecule has 2 aromatic rings. The molecule has 5 rings (SSSR count). The highest BCUT2D eigenvalue weighted by molar-refractivity contribution is 5.89. The van der Waals surface area contributed by atoms with Gasteiger partial charge in [-0.15, -0.1) is 0 Å². The number of carbonyl (C=O) groups excluding carboxylic acids is 2. The Bertz CT molecular complexity index is 1050. The maximum absolute atomic E-state index is 12.8. The molecule has 0 aliphatic heterocycles. The highest BCUT2D eigenvalue weighted by Crippen LogP contribution is 2.67. The van der Waals surface area contributed by atoms with E-state index in [0.29, 0.717) is 28.9 Å². The van der Waals surface area contributed by atoms with Crippen LogP contribution in [0.2, 0.25) is 0 Å². The first-order valence-electron chi connectivity index (χ1n) is 13.3. The summed E-state index contributed by atoms with van der Waals surface area (Å²) in [6, 6.07) is 18.7. The van der Waals surface area contributed by atoms with Gasteiger partial charge in [-0.3, -0.25) is 0 Å². The van der Waals surface area contributed by atoms with Crippen molar-refractivity contribution in [1.82, 2.24) is 0 Å². The lowest BCUT2D eigenvalue weighted by atomic mass is 9.41. The van der Waals surface area contributed by atoms with Crippen LogP contribution in [0, 0.1) is 28.6 Å². The second kappa shape index (κ2) is 9.44. The molecule has 0 heterocycles. The molecule has 4 nitrogen and oxygen atoms in total. The second-order valence-corrected chi connectivity index (χ2v) is 11.6. The van der Waals surface area contributed by atoms with Gasteiger partial charge >= 0.3 is 11.9 Å². The Morgan fingerprint density at radius 1 is 0.743 bits per heavy atom. The summed E-state index contributed by atoms with van der Waals surface area (Å²) in [5.74, 6) is 1.03. The fourth-order valence-corrected chi connectivity index (χ4v) is 7.80. The predicted octanol–water partition coefficient (Wildman–Crippen LogP) is 7.09. The molecule has 7 atom stereocenters. The quantitative estimate of drug-likeness (QED) is 0.444. The van der Waals surface area contributed by atoms with Crippen molar-refractivity contribution in [2.45, 2.75) is 77.9 Å². The maximum Gasteiger partial charge on any atom is 0.338 e. The fourth-order valence-electron chi connectivity index (χ4n) is 7.80. The Kier molecular flexibility index (Phi) is 6.50. The predicted molar refractivity (Wildman–Crippen MR) is 136 cm³/mol. The van der Waals surface area contributed by atoms with Crippen LogP contribution in [0.25, 0.3) is 0 Å². The molecule has 0 radical (unpaired) electrons. The minimum atomic E-state index is -0.202. The molecule has 3 aliphatic rings. The van der Waals surface area contributed by atoms with Crippen LogP contribution in [0.4, 0.5) is 0 Å². The second-order valence-electron chi connectivity index (χ2n) is 11.6. The number of hydrogen-bond acceptors (Lipinski definition) is 4. The lowest BCUT2D eigenvalue weighted by molar-refractivity contribution is -0.178. The molecule has 0 aromatic heterocycles. The molecule has 3 saturated carbocycles. The monoisotopic (exact) mass is 474 g/mol. The van der Waals surface area contributed by atoms with E-state index >= 15 is 0 Å². The van der Waals surface area contributed by atoms with Gasteiger partial charge in [-0.2, -0.15) is 0 Å². The van der Waals surface area contributed by atoms with E-state index in [2.05, 4.69) is 20.8 Å². The van der Waals surface area contributed by atoms with Crippen LogP contribution in [-0.2, 0) is 9.47 Å². The van der Waals surface area contributed by atoms with Crippen molar-refractivity contribution in [3.05, 3.63) is 71.8 Å². The molecule has 0 unspecified atom stereocenters. The molecule has 0 bridgehead atoms. The first-order chi connectivity index (χ1) is 16.8. The van der Waals surface area contributed by atoms with Crippen molar-refractivity contribution in [3.63, 3.8) is 0 Å². The van der Waals surface area contributed by atoms with Gasteiger partial charge < -0.3 is 9.47 Å². The van der Waals surface area contributed by atoms with E-state index in [9.17, 15) is 9.59 Å². The van der Waals surface area contributed by atoms with Gasteiger partial charge in [0.2, 0.25) is 0 Å². The van der Waals surface area contributed by atoms with Crippen LogP contribution in [0.3, 0.4) is 0 Å². The summed E-state index contributed by atoms with van der Waals surface area (Å²) < 4.78 is 12.0. The summed E-state index contributed by atoms with van der Waals surface area (Å²) in [4.78, 5) is 25.4. The van der Waals surface area contributed by atoms with Crippen LogP contribution in [0.1, 0.15) is 86.4 Å². The zero-order chi connectivity index (χ0) is 24.6. The van der Waals surface area contributed by atoms with Gasteiger partial charge in [-0.05, 0) is 97.8 Å². The minimum absolute atomic E-state index is 0.00141. The topological polar surface area (TPSA) is 52.6 Å². The Labute approximate surface area is 209 Å². The number of carbonyl (C=O) groups is 2. The van der Waals surface area contributed by atoms with E-state index < -0.39 is 0 Å². The van der Waals surface area contributed by atoms with Gasteiger partial charge in [-0.1, -0.05) is 57.2 Å². The maximum atomic E-state index is 12.8. The molecule has 0 amide bonds. The number of hydrogen-bond donors (Lipinski definition) is 0. The highest BCUT2D eigenvalue weighted by atomic mass is 16.5. The van der Waals surface area contributed by atoms with E-state index in [1.165, 1.54) is 0 Å². The van der Waals surface area contributed by atoms with Crippen molar-refractivity contribution in [1.29, 1.82) is 0 Å². The lowest BCUT2D eigenvalue weighted by Gasteiger charge is -2.65. The van der Waals surface area contributed by atoms with Crippen molar-refractivity contribution < 1.29 is 19.1 Å². The third-order valence-electron chi connectivity index (χ3n) is 10.1. The number of esters is 2. The molecule has 2 aromatic carbocycles. The van der Waals surface area contributed by atoms with Crippen LogP contribution in [0.5, 0.6) is 0 Å². The summed E-state index contributed by atoms with van der Waals surface area (Å²) >= 11 is 0. The Hall–Kier alpha value is -2.62.